The van der Waals surface area contributed by atoms with Crippen molar-refractivity contribution in [3.05, 3.63) is 0 Å². The van der Waals surface area contributed by atoms with Crippen LogP contribution in [0.25, 0.3) is 0 Å². The molecule has 13 heavy (non-hydrogen) atoms. The van der Waals surface area contributed by atoms with E-state index in [0.29, 0.717) is 5.92 Å². The van der Waals surface area contributed by atoms with Gasteiger partial charge in [-0.15, -0.1) is 0 Å². The third-order valence-electron chi connectivity index (χ3n) is 2.97. The molecule has 0 aromatic heterocycles. The monoisotopic (exact) mass is 187 g/mol. The molecule has 0 amide bonds. The molecule has 0 saturated heterocycles. The molecule has 3 N–H and O–H groups in total. The summed E-state index contributed by atoms with van der Waals surface area (Å²) >= 11 is 0. The zero-order valence-electron chi connectivity index (χ0n) is 8.21. The fourth-order valence-electron chi connectivity index (χ4n) is 2.07. The van der Waals surface area contributed by atoms with Crippen molar-refractivity contribution in [2.24, 2.45) is 11.7 Å². The normalized spacial score (nSPS) is 22.2. The summed E-state index contributed by atoms with van der Waals surface area (Å²) in [6.07, 6.45) is 6.31. The van der Waals surface area contributed by atoms with Gasteiger partial charge in [0.05, 0.1) is 5.60 Å². The van der Waals surface area contributed by atoms with Crippen molar-refractivity contribution in [1.29, 1.82) is 0 Å². The van der Waals surface area contributed by atoms with Gasteiger partial charge in [0.15, 0.2) is 0 Å². The minimum atomic E-state index is -0.706. The van der Waals surface area contributed by atoms with Gasteiger partial charge in [0.25, 0.3) is 0 Å². The number of hydrogen-bond acceptors (Lipinski definition) is 2. The quantitative estimate of drug-likeness (QED) is 0.697. The lowest BCUT2D eigenvalue weighted by Gasteiger charge is -2.35. The molecule has 0 bridgehead atoms. The maximum Gasteiger partial charge on any atom is 0.0744 e. The zero-order valence-corrected chi connectivity index (χ0v) is 8.21. The lowest BCUT2D eigenvalue weighted by Crippen LogP contribution is -2.48. The highest BCUT2D eigenvalue weighted by Gasteiger charge is 2.31. The van der Waals surface area contributed by atoms with Crippen LogP contribution in [0.4, 0.5) is 0 Å². The molecular formula is C11H25NO. The van der Waals surface area contributed by atoms with Crippen molar-refractivity contribution in [2.75, 3.05) is 0 Å². The minimum Gasteiger partial charge on any atom is -0.389 e. The molecule has 2 nitrogen and oxygen atoms in total. The van der Waals surface area contributed by atoms with Crippen LogP contribution in [0.2, 0.25) is 0 Å². The highest BCUT2D eigenvalue weighted by molar-refractivity contribution is 4.87. The highest BCUT2D eigenvalue weighted by Crippen LogP contribution is 2.29. The Labute approximate surface area is 82.5 Å². The number of aliphatic hydroxyl groups is 1. The third kappa shape index (κ3) is 3.65. The molecule has 2 heteroatoms. The molecule has 80 valence electrons. The SMILES string of the molecule is C.CC(C)(O)[C@H](N)C1CCCCC1. The van der Waals surface area contributed by atoms with Gasteiger partial charge in [-0.05, 0) is 32.6 Å². The standard InChI is InChI=1S/C10H21NO.CH4/c1-10(2,12)9(11)8-6-4-3-5-7-8;/h8-9,12H,3-7,11H2,1-2H3;1H4/t9-;/m1./s1. The summed E-state index contributed by atoms with van der Waals surface area (Å²) in [6, 6.07) is -0.0437. The van der Waals surface area contributed by atoms with Crippen LogP contribution in [0.5, 0.6) is 0 Å². The van der Waals surface area contributed by atoms with E-state index in [1.807, 2.05) is 13.8 Å². The molecule has 0 aromatic carbocycles. The van der Waals surface area contributed by atoms with Crippen molar-refractivity contribution >= 4 is 0 Å². The Morgan fingerprint density at radius 3 is 2.08 bits per heavy atom. The van der Waals surface area contributed by atoms with Gasteiger partial charge in [-0.3, -0.25) is 0 Å². The van der Waals surface area contributed by atoms with Crippen LogP contribution in [-0.2, 0) is 0 Å². The Morgan fingerprint density at radius 1 is 1.23 bits per heavy atom. The predicted molar refractivity (Wildman–Crippen MR) is 57.6 cm³/mol. The van der Waals surface area contributed by atoms with E-state index in [4.69, 9.17) is 5.73 Å². The average Bonchev–Trinajstić information content (AvgIpc) is 2.03. The largest absolute Gasteiger partial charge is 0.389 e. The van der Waals surface area contributed by atoms with Gasteiger partial charge >= 0.3 is 0 Å². The van der Waals surface area contributed by atoms with Gasteiger partial charge < -0.3 is 10.8 Å². The zero-order chi connectivity index (χ0) is 9.19. The lowest BCUT2D eigenvalue weighted by molar-refractivity contribution is 0.0229. The third-order valence-corrected chi connectivity index (χ3v) is 2.97. The molecule has 0 unspecified atom stereocenters. The molecule has 0 spiro atoms. The Hall–Kier alpha value is -0.0800. The summed E-state index contributed by atoms with van der Waals surface area (Å²) in [7, 11) is 0. The number of hydrogen-bond donors (Lipinski definition) is 2. The Morgan fingerprint density at radius 2 is 1.69 bits per heavy atom. The summed E-state index contributed by atoms with van der Waals surface area (Å²) in [6.45, 7) is 3.62. The molecule has 0 heterocycles. The average molecular weight is 187 g/mol. The van der Waals surface area contributed by atoms with Crippen molar-refractivity contribution in [1.82, 2.24) is 0 Å². The van der Waals surface area contributed by atoms with Crippen molar-refractivity contribution in [2.45, 2.75) is 65.0 Å². The fourth-order valence-corrected chi connectivity index (χ4v) is 2.07. The van der Waals surface area contributed by atoms with E-state index in [9.17, 15) is 5.11 Å². The molecule has 0 aromatic rings. The van der Waals surface area contributed by atoms with Gasteiger partial charge in [0.2, 0.25) is 0 Å². The van der Waals surface area contributed by atoms with Crippen molar-refractivity contribution < 1.29 is 5.11 Å². The fraction of sp³-hybridized carbons (Fsp3) is 1.00. The van der Waals surface area contributed by atoms with E-state index in [1.165, 1.54) is 32.1 Å². The van der Waals surface area contributed by atoms with E-state index < -0.39 is 5.60 Å². The Kier molecular flexibility index (Phi) is 4.93. The van der Waals surface area contributed by atoms with Crippen LogP contribution in [-0.4, -0.2) is 16.7 Å². The summed E-state index contributed by atoms with van der Waals surface area (Å²) < 4.78 is 0. The number of nitrogens with two attached hydrogens (primary N) is 1. The Balaban J connectivity index is 0.00000144. The van der Waals surface area contributed by atoms with Crippen LogP contribution in [0.1, 0.15) is 53.4 Å². The second-order valence-electron chi connectivity index (χ2n) is 4.58. The summed E-state index contributed by atoms with van der Waals surface area (Å²) in [5.74, 6) is 0.541. The molecule has 1 atom stereocenters. The summed E-state index contributed by atoms with van der Waals surface area (Å²) in [4.78, 5) is 0. The molecule has 0 radical (unpaired) electrons. The van der Waals surface area contributed by atoms with E-state index >= 15 is 0 Å². The van der Waals surface area contributed by atoms with Crippen LogP contribution < -0.4 is 5.73 Å². The Bertz CT molecular complexity index is 134. The second kappa shape index (κ2) is 4.97. The molecular weight excluding hydrogens is 162 g/mol. The first-order valence-corrected chi connectivity index (χ1v) is 5.00. The lowest BCUT2D eigenvalue weighted by atomic mass is 9.78. The number of rotatable bonds is 2. The van der Waals surface area contributed by atoms with E-state index in [0.717, 1.165) is 0 Å². The maximum absolute atomic E-state index is 9.71. The topological polar surface area (TPSA) is 46.2 Å². The second-order valence-corrected chi connectivity index (χ2v) is 4.58. The highest BCUT2D eigenvalue weighted by atomic mass is 16.3. The first kappa shape index (κ1) is 12.9. The smallest absolute Gasteiger partial charge is 0.0744 e. The minimum absolute atomic E-state index is 0. The van der Waals surface area contributed by atoms with E-state index in [-0.39, 0.29) is 13.5 Å². The van der Waals surface area contributed by atoms with E-state index in [1.54, 1.807) is 0 Å². The molecule has 1 aliphatic carbocycles. The molecule has 1 aliphatic rings. The summed E-state index contributed by atoms with van der Waals surface area (Å²) in [5, 5.41) is 9.71. The van der Waals surface area contributed by atoms with Gasteiger partial charge in [0.1, 0.15) is 0 Å². The van der Waals surface area contributed by atoms with Crippen LogP contribution in [0.3, 0.4) is 0 Å². The van der Waals surface area contributed by atoms with Crippen LogP contribution in [0, 0.1) is 5.92 Å². The maximum atomic E-state index is 9.71. The van der Waals surface area contributed by atoms with Gasteiger partial charge in [0, 0.05) is 6.04 Å². The van der Waals surface area contributed by atoms with Gasteiger partial charge in [-0.2, -0.15) is 0 Å². The molecule has 0 aliphatic heterocycles. The van der Waals surface area contributed by atoms with Gasteiger partial charge in [-0.1, -0.05) is 26.7 Å². The van der Waals surface area contributed by atoms with E-state index in [2.05, 4.69) is 0 Å². The molecule has 1 fully saturated rings. The van der Waals surface area contributed by atoms with Gasteiger partial charge in [-0.25, -0.2) is 0 Å². The molecule has 1 saturated carbocycles. The molecule has 1 rings (SSSR count). The van der Waals surface area contributed by atoms with Crippen LogP contribution >= 0.6 is 0 Å². The first-order valence-electron chi connectivity index (χ1n) is 5.00. The first-order chi connectivity index (χ1) is 5.52. The predicted octanol–water partition coefficient (Wildman–Crippen LogP) is 2.30. The van der Waals surface area contributed by atoms with Crippen molar-refractivity contribution in [3.8, 4) is 0 Å². The summed E-state index contributed by atoms with van der Waals surface area (Å²) in [5.41, 5.74) is 5.27. The van der Waals surface area contributed by atoms with Crippen molar-refractivity contribution in [3.63, 3.8) is 0 Å². The van der Waals surface area contributed by atoms with Crippen LogP contribution in [0.15, 0.2) is 0 Å².